The van der Waals surface area contributed by atoms with Gasteiger partial charge in [0.1, 0.15) is 0 Å². The van der Waals surface area contributed by atoms with E-state index in [1.165, 1.54) is 21.3 Å². The molecule has 0 fully saturated rings. The molecular formula is C18H33NO10. The fourth-order valence-electron chi connectivity index (χ4n) is 1.94. The average Bonchev–Trinajstić information content (AvgIpc) is 2.73. The summed E-state index contributed by atoms with van der Waals surface area (Å²) in [5, 5.41) is 0. The predicted molar refractivity (Wildman–Crippen MR) is 100 cm³/mol. The fourth-order valence-corrected chi connectivity index (χ4v) is 1.94. The highest BCUT2D eigenvalue weighted by Gasteiger charge is 2.27. The molecule has 0 aliphatic carbocycles. The van der Waals surface area contributed by atoms with E-state index in [9.17, 15) is 14.4 Å². The van der Waals surface area contributed by atoms with Crippen LogP contribution in [0.3, 0.4) is 0 Å². The van der Waals surface area contributed by atoms with E-state index in [2.05, 4.69) is 14.2 Å². The van der Waals surface area contributed by atoms with Crippen molar-refractivity contribution in [2.24, 2.45) is 5.73 Å². The molecule has 0 aromatic carbocycles. The molecule has 11 nitrogen and oxygen atoms in total. The first kappa shape index (κ1) is 27.2. The Morgan fingerprint density at radius 1 is 0.586 bits per heavy atom. The third-order valence-electron chi connectivity index (χ3n) is 3.58. The SMILES string of the molecule is COC(=O)CCOCCOCC(N)(COCCC(=O)OC)COCCC(=O)OC. The van der Waals surface area contributed by atoms with Crippen LogP contribution in [0.4, 0.5) is 0 Å². The van der Waals surface area contributed by atoms with Crippen LogP contribution in [0.1, 0.15) is 19.3 Å². The summed E-state index contributed by atoms with van der Waals surface area (Å²) in [6.45, 7) is 1.30. The van der Waals surface area contributed by atoms with E-state index in [4.69, 9.17) is 24.7 Å². The molecule has 0 aliphatic rings. The van der Waals surface area contributed by atoms with Crippen LogP contribution in [-0.4, -0.2) is 97.6 Å². The lowest BCUT2D eigenvalue weighted by molar-refractivity contribution is -0.143. The molecule has 0 unspecified atom stereocenters. The third-order valence-corrected chi connectivity index (χ3v) is 3.58. The first-order valence-electron chi connectivity index (χ1n) is 9.17. The van der Waals surface area contributed by atoms with Gasteiger partial charge in [0, 0.05) is 0 Å². The van der Waals surface area contributed by atoms with Crippen LogP contribution in [0.2, 0.25) is 0 Å². The maximum Gasteiger partial charge on any atom is 0.307 e. The van der Waals surface area contributed by atoms with Crippen LogP contribution >= 0.6 is 0 Å². The standard InChI is InChI=1S/C18H33NO10/c1-23-15(20)4-7-26-10-11-29-14-18(19,12-27-8-5-16(21)24-2)13-28-9-6-17(22)25-3/h4-14,19H2,1-3H3. The lowest BCUT2D eigenvalue weighted by Crippen LogP contribution is -2.53. The summed E-state index contributed by atoms with van der Waals surface area (Å²) >= 11 is 0. The van der Waals surface area contributed by atoms with Crippen LogP contribution < -0.4 is 5.73 Å². The van der Waals surface area contributed by atoms with Crippen LogP contribution in [0.25, 0.3) is 0 Å². The Morgan fingerprint density at radius 2 is 0.897 bits per heavy atom. The summed E-state index contributed by atoms with van der Waals surface area (Å²) in [7, 11) is 3.91. The molecule has 0 radical (unpaired) electrons. The van der Waals surface area contributed by atoms with Gasteiger partial charge in [0.2, 0.25) is 0 Å². The van der Waals surface area contributed by atoms with Crippen molar-refractivity contribution in [1.82, 2.24) is 0 Å². The lowest BCUT2D eigenvalue weighted by Gasteiger charge is -2.29. The molecule has 0 amide bonds. The van der Waals surface area contributed by atoms with Gasteiger partial charge in [-0.25, -0.2) is 0 Å². The minimum Gasteiger partial charge on any atom is -0.469 e. The van der Waals surface area contributed by atoms with E-state index in [0.717, 1.165) is 0 Å². The van der Waals surface area contributed by atoms with Crippen LogP contribution in [-0.2, 0) is 47.5 Å². The van der Waals surface area contributed by atoms with Crippen LogP contribution in [0, 0.1) is 0 Å². The maximum atomic E-state index is 11.1. The molecule has 0 saturated heterocycles. The summed E-state index contributed by atoms with van der Waals surface area (Å²) in [6.07, 6.45) is 0.370. The molecule has 0 spiro atoms. The minimum absolute atomic E-state index is 0.0748. The summed E-state index contributed by atoms with van der Waals surface area (Å²) in [6, 6.07) is 0. The van der Waals surface area contributed by atoms with Gasteiger partial charge in [0.05, 0.1) is 99.0 Å². The van der Waals surface area contributed by atoms with Crippen molar-refractivity contribution in [3.8, 4) is 0 Å². The number of carbonyl (C=O) groups excluding carboxylic acids is 3. The Labute approximate surface area is 171 Å². The molecule has 11 heteroatoms. The molecule has 170 valence electrons. The first-order chi connectivity index (χ1) is 13.9. The topological polar surface area (TPSA) is 142 Å². The maximum absolute atomic E-state index is 11.1. The van der Waals surface area contributed by atoms with Gasteiger partial charge in [0.25, 0.3) is 0 Å². The second-order valence-electron chi connectivity index (χ2n) is 6.11. The number of methoxy groups -OCH3 is 3. The predicted octanol–water partition coefficient (Wildman–Crippen LogP) is -0.560. The summed E-state index contributed by atoms with van der Waals surface area (Å²) in [5.74, 6) is -1.12. The Bertz CT molecular complexity index is 448. The summed E-state index contributed by atoms with van der Waals surface area (Å²) in [5.41, 5.74) is 5.30. The van der Waals surface area contributed by atoms with Gasteiger partial charge in [-0.15, -0.1) is 0 Å². The zero-order chi connectivity index (χ0) is 22.0. The van der Waals surface area contributed by atoms with Gasteiger partial charge >= 0.3 is 17.9 Å². The zero-order valence-electron chi connectivity index (χ0n) is 17.4. The molecule has 29 heavy (non-hydrogen) atoms. The molecule has 0 aromatic heterocycles. The fraction of sp³-hybridized carbons (Fsp3) is 0.833. The molecule has 0 aromatic rings. The normalized spacial score (nSPS) is 11.2. The van der Waals surface area contributed by atoms with E-state index >= 15 is 0 Å². The van der Waals surface area contributed by atoms with Crippen LogP contribution in [0.5, 0.6) is 0 Å². The lowest BCUT2D eigenvalue weighted by atomic mass is 10.1. The number of esters is 3. The average molecular weight is 423 g/mol. The Kier molecular flexibility index (Phi) is 16.0. The van der Waals surface area contributed by atoms with Crippen molar-refractivity contribution in [2.75, 3.05) is 74.2 Å². The number of hydrogen-bond acceptors (Lipinski definition) is 11. The van der Waals surface area contributed by atoms with Gasteiger partial charge in [-0.05, 0) is 0 Å². The highest BCUT2D eigenvalue weighted by atomic mass is 16.5. The van der Waals surface area contributed by atoms with E-state index in [1.54, 1.807) is 0 Å². The van der Waals surface area contributed by atoms with Crippen molar-refractivity contribution >= 4 is 17.9 Å². The number of hydrogen-bond donors (Lipinski definition) is 1. The van der Waals surface area contributed by atoms with E-state index < -0.39 is 5.54 Å². The monoisotopic (exact) mass is 423 g/mol. The van der Waals surface area contributed by atoms with Crippen molar-refractivity contribution in [2.45, 2.75) is 24.8 Å². The Hall–Kier alpha value is -1.79. The molecule has 2 N–H and O–H groups in total. The molecule has 0 aliphatic heterocycles. The smallest absolute Gasteiger partial charge is 0.307 e. The van der Waals surface area contributed by atoms with Gasteiger partial charge < -0.3 is 38.9 Å². The van der Waals surface area contributed by atoms with Crippen molar-refractivity contribution in [3.63, 3.8) is 0 Å². The third kappa shape index (κ3) is 15.8. The van der Waals surface area contributed by atoms with E-state index in [1.807, 2.05) is 0 Å². The highest BCUT2D eigenvalue weighted by Crippen LogP contribution is 2.06. The van der Waals surface area contributed by atoms with E-state index in [0.29, 0.717) is 0 Å². The first-order valence-corrected chi connectivity index (χ1v) is 9.17. The largest absolute Gasteiger partial charge is 0.469 e. The Balaban J connectivity index is 4.22. The summed E-state index contributed by atoms with van der Waals surface area (Å²) < 4.78 is 35.3. The molecule has 0 rings (SSSR count). The minimum atomic E-state index is -0.988. The van der Waals surface area contributed by atoms with Gasteiger partial charge in [-0.2, -0.15) is 0 Å². The molecule has 0 heterocycles. The number of carbonyl (C=O) groups is 3. The molecule has 0 atom stereocenters. The van der Waals surface area contributed by atoms with E-state index in [-0.39, 0.29) is 90.0 Å². The quantitative estimate of drug-likeness (QED) is 0.172. The second-order valence-corrected chi connectivity index (χ2v) is 6.11. The number of nitrogens with two attached hydrogens (primary N) is 1. The number of rotatable bonds is 18. The van der Waals surface area contributed by atoms with Crippen molar-refractivity contribution in [3.05, 3.63) is 0 Å². The van der Waals surface area contributed by atoms with Gasteiger partial charge in [0.15, 0.2) is 0 Å². The van der Waals surface area contributed by atoms with Gasteiger partial charge in [-0.3, -0.25) is 14.4 Å². The zero-order valence-corrected chi connectivity index (χ0v) is 17.4. The Morgan fingerprint density at radius 3 is 1.28 bits per heavy atom. The highest BCUT2D eigenvalue weighted by molar-refractivity contribution is 5.69. The second kappa shape index (κ2) is 17.1. The number of ether oxygens (including phenoxy) is 7. The van der Waals surface area contributed by atoms with Crippen LogP contribution in [0.15, 0.2) is 0 Å². The van der Waals surface area contributed by atoms with Gasteiger partial charge in [-0.1, -0.05) is 0 Å². The van der Waals surface area contributed by atoms with Crippen molar-refractivity contribution < 1.29 is 47.5 Å². The molecule has 0 saturated carbocycles. The summed E-state index contributed by atoms with van der Waals surface area (Å²) in [4.78, 5) is 33.2. The van der Waals surface area contributed by atoms with Crippen molar-refractivity contribution in [1.29, 1.82) is 0 Å². The molecular weight excluding hydrogens is 390 g/mol. The molecule has 0 bridgehead atoms.